The Morgan fingerprint density at radius 3 is 2.42 bits per heavy atom. The third-order valence-corrected chi connectivity index (χ3v) is 1.74. The zero-order valence-corrected chi connectivity index (χ0v) is 8.97. The predicted octanol–water partition coefficient (Wildman–Crippen LogP) is 2.14. The Morgan fingerprint density at radius 2 is 1.92 bits per heavy atom. The highest BCUT2D eigenvalue weighted by Crippen LogP contribution is 1.93. The van der Waals surface area contributed by atoms with Crippen molar-refractivity contribution < 1.29 is 4.74 Å². The quantitative estimate of drug-likeness (QED) is 0.547. The minimum Gasteiger partial charge on any atom is -0.379 e. The van der Waals surface area contributed by atoms with E-state index in [0.717, 1.165) is 19.6 Å². The van der Waals surface area contributed by atoms with Crippen LogP contribution >= 0.6 is 0 Å². The Kier molecular flexibility index (Phi) is 7.51. The maximum atomic E-state index is 5.44. The zero-order valence-electron chi connectivity index (χ0n) is 8.97. The van der Waals surface area contributed by atoms with Crippen molar-refractivity contribution in [2.24, 2.45) is 0 Å². The van der Waals surface area contributed by atoms with Crippen LogP contribution in [0.15, 0.2) is 0 Å². The molecule has 0 aromatic carbocycles. The van der Waals surface area contributed by atoms with Crippen molar-refractivity contribution in [3.63, 3.8) is 0 Å². The van der Waals surface area contributed by atoms with Gasteiger partial charge >= 0.3 is 0 Å². The summed E-state index contributed by atoms with van der Waals surface area (Å²) in [5.41, 5.74) is 0. The summed E-state index contributed by atoms with van der Waals surface area (Å²) in [4.78, 5) is 2.35. The standard InChI is InChI=1S/C10H23NO/c1-5-7-11(4)8-6-9-12-10(2)3/h10H,5-9H2,1-4H3. The Balaban J connectivity index is 3.08. The molecule has 0 aliphatic heterocycles. The lowest BCUT2D eigenvalue weighted by molar-refractivity contribution is 0.0721. The molecule has 0 aliphatic carbocycles. The van der Waals surface area contributed by atoms with Gasteiger partial charge < -0.3 is 9.64 Å². The fraction of sp³-hybridized carbons (Fsp3) is 1.00. The van der Waals surface area contributed by atoms with Crippen molar-refractivity contribution in [3.8, 4) is 0 Å². The monoisotopic (exact) mass is 173 g/mol. The number of hydrogen-bond donors (Lipinski definition) is 0. The van der Waals surface area contributed by atoms with Gasteiger partial charge in [-0.05, 0) is 40.3 Å². The van der Waals surface area contributed by atoms with Gasteiger partial charge in [-0.2, -0.15) is 0 Å². The van der Waals surface area contributed by atoms with Crippen LogP contribution in [-0.2, 0) is 4.74 Å². The summed E-state index contributed by atoms with van der Waals surface area (Å²) in [6.07, 6.45) is 2.76. The van der Waals surface area contributed by atoms with Gasteiger partial charge in [0, 0.05) is 13.2 Å². The topological polar surface area (TPSA) is 12.5 Å². The van der Waals surface area contributed by atoms with E-state index in [9.17, 15) is 0 Å². The average Bonchev–Trinajstić information content (AvgIpc) is 1.98. The van der Waals surface area contributed by atoms with Gasteiger partial charge in [0.1, 0.15) is 0 Å². The van der Waals surface area contributed by atoms with Crippen LogP contribution in [0.25, 0.3) is 0 Å². The Hall–Kier alpha value is -0.0800. The summed E-state index contributed by atoms with van der Waals surface area (Å²) >= 11 is 0. The number of rotatable bonds is 7. The fourth-order valence-electron chi connectivity index (χ4n) is 1.15. The Labute approximate surface area is 76.9 Å². The molecule has 74 valence electrons. The molecule has 12 heavy (non-hydrogen) atoms. The molecule has 0 fully saturated rings. The van der Waals surface area contributed by atoms with Crippen molar-refractivity contribution in [1.29, 1.82) is 0 Å². The molecule has 0 N–H and O–H groups in total. The van der Waals surface area contributed by atoms with E-state index >= 15 is 0 Å². The highest BCUT2D eigenvalue weighted by Gasteiger charge is 1.96. The molecule has 0 bridgehead atoms. The van der Waals surface area contributed by atoms with Gasteiger partial charge in [-0.3, -0.25) is 0 Å². The van der Waals surface area contributed by atoms with E-state index in [-0.39, 0.29) is 0 Å². The van der Waals surface area contributed by atoms with Crippen molar-refractivity contribution in [2.75, 3.05) is 26.7 Å². The summed E-state index contributed by atoms with van der Waals surface area (Å²) < 4.78 is 5.44. The lowest BCUT2D eigenvalue weighted by Crippen LogP contribution is -2.21. The van der Waals surface area contributed by atoms with Gasteiger partial charge in [-0.15, -0.1) is 0 Å². The summed E-state index contributed by atoms with van der Waals surface area (Å²) in [5.74, 6) is 0. The van der Waals surface area contributed by atoms with E-state index in [2.05, 4.69) is 32.7 Å². The Bertz CT molecular complexity index is 93.8. The van der Waals surface area contributed by atoms with Gasteiger partial charge in [0.25, 0.3) is 0 Å². The molecule has 0 aliphatic rings. The average molecular weight is 173 g/mol. The fourth-order valence-corrected chi connectivity index (χ4v) is 1.15. The van der Waals surface area contributed by atoms with E-state index in [1.807, 2.05) is 0 Å². The highest BCUT2D eigenvalue weighted by molar-refractivity contribution is 4.49. The van der Waals surface area contributed by atoms with E-state index < -0.39 is 0 Å². The first-order valence-electron chi connectivity index (χ1n) is 4.97. The SMILES string of the molecule is CCCN(C)CCCOC(C)C. The molecular formula is C10H23NO. The van der Waals surface area contributed by atoms with Crippen LogP contribution in [-0.4, -0.2) is 37.7 Å². The van der Waals surface area contributed by atoms with Crippen molar-refractivity contribution >= 4 is 0 Å². The summed E-state index contributed by atoms with van der Waals surface area (Å²) in [6.45, 7) is 9.61. The molecule has 0 saturated heterocycles. The minimum absolute atomic E-state index is 0.376. The summed E-state index contributed by atoms with van der Waals surface area (Å²) in [6, 6.07) is 0. The van der Waals surface area contributed by atoms with Crippen LogP contribution in [0.2, 0.25) is 0 Å². The van der Waals surface area contributed by atoms with E-state index in [4.69, 9.17) is 4.74 Å². The molecule has 0 radical (unpaired) electrons. The lowest BCUT2D eigenvalue weighted by Gasteiger charge is -2.15. The summed E-state index contributed by atoms with van der Waals surface area (Å²) in [5, 5.41) is 0. The van der Waals surface area contributed by atoms with Crippen LogP contribution in [0.4, 0.5) is 0 Å². The number of hydrogen-bond acceptors (Lipinski definition) is 2. The molecule has 0 amide bonds. The minimum atomic E-state index is 0.376. The van der Waals surface area contributed by atoms with E-state index in [0.29, 0.717) is 6.10 Å². The molecule has 2 heteroatoms. The highest BCUT2D eigenvalue weighted by atomic mass is 16.5. The predicted molar refractivity (Wildman–Crippen MR) is 53.5 cm³/mol. The largest absolute Gasteiger partial charge is 0.379 e. The van der Waals surface area contributed by atoms with Crippen molar-refractivity contribution in [3.05, 3.63) is 0 Å². The maximum Gasteiger partial charge on any atom is 0.0518 e. The molecule has 0 aromatic heterocycles. The van der Waals surface area contributed by atoms with E-state index in [1.54, 1.807) is 0 Å². The van der Waals surface area contributed by atoms with Crippen LogP contribution in [0.1, 0.15) is 33.6 Å². The normalized spacial score (nSPS) is 11.5. The molecule has 0 aromatic rings. The number of nitrogens with zero attached hydrogens (tertiary/aromatic N) is 1. The molecular weight excluding hydrogens is 150 g/mol. The molecule has 0 saturated carbocycles. The maximum absolute atomic E-state index is 5.44. The van der Waals surface area contributed by atoms with Crippen LogP contribution in [0.5, 0.6) is 0 Å². The first-order chi connectivity index (χ1) is 5.66. The molecule has 0 atom stereocenters. The van der Waals surface area contributed by atoms with Gasteiger partial charge in [-0.25, -0.2) is 0 Å². The van der Waals surface area contributed by atoms with Gasteiger partial charge in [-0.1, -0.05) is 6.92 Å². The molecule has 2 nitrogen and oxygen atoms in total. The van der Waals surface area contributed by atoms with Crippen molar-refractivity contribution in [1.82, 2.24) is 4.90 Å². The van der Waals surface area contributed by atoms with Crippen LogP contribution in [0.3, 0.4) is 0 Å². The molecule has 0 spiro atoms. The third kappa shape index (κ3) is 8.02. The lowest BCUT2D eigenvalue weighted by atomic mass is 10.3. The number of ether oxygens (including phenoxy) is 1. The van der Waals surface area contributed by atoms with Gasteiger partial charge in [0.2, 0.25) is 0 Å². The third-order valence-electron chi connectivity index (χ3n) is 1.74. The van der Waals surface area contributed by atoms with Crippen LogP contribution < -0.4 is 0 Å². The van der Waals surface area contributed by atoms with Crippen molar-refractivity contribution in [2.45, 2.75) is 39.7 Å². The smallest absolute Gasteiger partial charge is 0.0518 e. The second-order valence-corrected chi connectivity index (χ2v) is 3.58. The molecule has 0 rings (SSSR count). The Morgan fingerprint density at radius 1 is 1.25 bits per heavy atom. The first-order valence-corrected chi connectivity index (χ1v) is 4.97. The second-order valence-electron chi connectivity index (χ2n) is 3.58. The second kappa shape index (κ2) is 7.56. The van der Waals surface area contributed by atoms with Crippen LogP contribution in [0, 0.1) is 0 Å². The summed E-state index contributed by atoms with van der Waals surface area (Å²) in [7, 11) is 2.17. The molecule has 0 heterocycles. The van der Waals surface area contributed by atoms with Gasteiger partial charge in [0.05, 0.1) is 6.10 Å². The van der Waals surface area contributed by atoms with E-state index in [1.165, 1.54) is 13.0 Å². The first kappa shape index (κ1) is 11.9. The van der Waals surface area contributed by atoms with Gasteiger partial charge in [0.15, 0.2) is 0 Å². The molecule has 0 unspecified atom stereocenters. The zero-order chi connectivity index (χ0) is 9.40.